The number of rotatable bonds is 5. The first kappa shape index (κ1) is 11.6. The van der Waals surface area contributed by atoms with Crippen LogP contribution in [-0.2, 0) is 6.42 Å². The van der Waals surface area contributed by atoms with Crippen LogP contribution in [0.5, 0.6) is 0 Å². The molecule has 1 aliphatic heterocycles. The third kappa shape index (κ3) is 3.32. The van der Waals surface area contributed by atoms with E-state index in [1.54, 1.807) is 0 Å². The van der Waals surface area contributed by atoms with E-state index >= 15 is 0 Å². The summed E-state index contributed by atoms with van der Waals surface area (Å²) >= 11 is 0. The van der Waals surface area contributed by atoms with Gasteiger partial charge >= 0.3 is 0 Å². The molecule has 1 aromatic rings. The minimum Gasteiger partial charge on any atom is -0.323 e. The first-order valence-electron chi connectivity index (χ1n) is 6.21. The molecule has 0 amide bonds. The van der Waals surface area contributed by atoms with E-state index in [9.17, 15) is 0 Å². The second kappa shape index (κ2) is 4.98. The normalized spacial score (nSPS) is 19.4. The Balaban J connectivity index is 1.57. The van der Waals surface area contributed by atoms with Crippen LogP contribution in [0.2, 0.25) is 0 Å². The van der Waals surface area contributed by atoms with Crippen LogP contribution in [0.4, 0.5) is 0 Å². The lowest BCUT2D eigenvalue weighted by Crippen LogP contribution is -2.65. The Morgan fingerprint density at radius 1 is 1.19 bits per heavy atom. The fourth-order valence-corrected chi connectivity index (χ4v) is 2.44. The monoisotopic (exact) mass is 218 g/mol. The number of unbranched alkanes of at least 4 members (excludes halogenated alkanes) is 1. The Morgan fingerprint density at radius 3 is 2.50 bits per heavy atom. The van der Waals surface area contributed by atoms with E-state index in [1.807, 2.05) is 0 Å². The number of nitrogens with zero attached hydrogens (tertiary/aromatic N) is 1. The summed E-state index contributed by atoms with van der Waals surface area (Å²) in [6, 6.07) is 10.7. The molecule has 16 heavy (non-hydrogen) atoms. The zero-order valence-corrected chi connectivity index (χ0v) is 10.2. The van der Waals surface area contributed by atoms with Crippen molar-refractivity contribution < 1.29 is 0 Å². The van der Waals surface area contributed by atoms with Gasteiger partial charge in [-0.25, -0.2) is 0 Å². The maximum atomic E-state index is 5.97. The van der Waals surface area contributed by atoms with E-state index in [4.69, 9.17) is 5.73 Å². The Labute approximate surface area is 98.4 Å². The topological polar surface area (TPSA) is 29.3 Å². The van der Waals surface area contributed by atoms with Gasteiger partial charge in [-0.05, 0) is 38.3 Å². The molecule has 1 heterocycles. The van der Waals surface area contributed by atoms with Gasteiger partial charge in [0, 0.05) is 18.6 Å². The lowest BCUT2D eigenvalue weighted by atomic mass is 9.93. The van der Waals surface area contributed by atoms with Gasteiger partial charge in [0.2, 0.25) is 0 Å². The molecule has 0 aromatic heterocycles. The second-order valence-corrected chi connectivity index (χ2v) is 5.31. The SMILES string of the molecule is CC1(N)CN(CCCCc2ccccc2)C1. The molecule has 0 saturated carbocycles. The first-order valence-corrected chi connectivity index (χ1v) is 6.21. The van der Waals surface area contributed by atoms with Gasteiger partial charge in [-0.3, -0.25) is 4.90 Å². The molecular formula is C14H22N2. The molecule has 88 valence electrons. The summed E-state index contributed by atoms with van der Waals surface area (Å²) in [5, 5.41) is 0. The molecule has 0 unspecified atom stereocenters. The van der Waals surface area contributed by atoms with E-state index < -0.39 is 0 Å². The molecule has 1 saturated heterocycles. The van der Waals surface area contributed by atoms with Crippen molar-refractivity contribution in [1.29, 1.82) is 0 Å². The fourth-order valence-electron chi connectivity index (χ4n) is 2.44. The second-order valence-electron chi connectivity index (χ2n) is 5.31. The van der Waals surface area contributed by atoms with E-state index in [0.29, 0.717) is 0 Å². The fraction of sp³-hybridized carbons (Fsp3) is 0.571. The minimum atomic E-state index is 0.0828. The van der Waals surface area contributed by atoms with Gasteiger partial charge in [-0.2, -0.15) is 0 Å². The Morgan fingerprint density at radius 2 is 1.88 bits per heavy atom. The molecule has 2 rings (SSSR count). The van der Waals surface area contributed by atoms with Crippen LogP contribution < -0.4 is 5.73 Å². The highest BCUT2D eigenvalue weighted by atomic mass is 15.2. The predicted octanol–water partition coefficient (Wildman–Crippen LogP) is 2.04. The molecule has 2 nitrogen and oxygen atoms in total. The average molecular weight is 218 g/mol. The maximum absolute atomic E-state index is 5.97. The zero-order chi connectivity index (χ0) is 11.4. The lowest BCUT2D eigenvalue weighted by Gasteiger charge is -2.45. The molecule has 0 radical (unpaired) electrons. The van der Waals surface area contributed by atoms with Crippen LogP contribution >= 0.6 is 0 Å². The highest BCUT2D eigenvalue weighted by molar-refractivity contribution is 5.14. The van der Waals surface area contributed by atoms with Crippen LogP contribution in [0.25, 0.3) is 0 Å². The van der Waals surface area contributed by atoms with Gasteiger partial charge in [0.25, 0.3) is 0 Å². The van der Waals surface area contributed by atoms with Crippen molar-refractivity contribution in [2.24, 2.45) is 5.73 Å². The van der Waals surface area contributed by atoms with E-state index in [0.717, 1.165) is 13.1 Å². The van der Waals surface area contributed by atoms with Gasteiger partial charge in [-0.1, -0.05) is 30.3 Å². The average Bonchev–Trinajstić information content (AvgIpc) is 2.23. The molecule has 1 aromatic carbocycles. The van der Waals surface area contributed by atoms with Crippen molar-refractivity contribution in [3.05, 3.63) is 35.9 Å². The van der Waals surface area contributed by atoms with E-state index in [-0.39, 0.29) is 5.54 Å². The number of aryl methyl sites for hydroxylation is 1. The van der Waals surface area contributed by atoms with Crippen molar-refractivity contribution in [1.82, 2.24) is 4.90 Å². The van der Waals surface area contributed by atoms with Gasteiger partial charge in [0.15, 0.2) is 0 Å². The Hall–Kier alpha value is -0.860. The smallest absolute Gasteiger partial charge is 0.0383 e. The summed E-state index contributed by atoms with van der Waals surface area (Å²) in [7, 11) is 0. The number of hydrogen-bond acceptors (Lipinski definition) is 2. The van der Waals surface area contributed by atoms with Crippen LogP contribution in [0.1, 0.15) is 25.3 Å². The Kier molecular flexibility index (Phi) is 3.62. The summed E-state index contributed by atoms with van der Waals surface area (Å²) < 4.78 is 0. The number of benzene rings is 1. The molecule has 0 aliphatic carbocycles. The molecule has 0 spiro atoms. The standard InChI is InChI=1S/C14H22N2/c1-14(15)11-16(12-14)10-6-5-9-13-7-3-2-4-8-13/h2-4,7-8H,5-6,9-12,15H2,1H3. The predicted molar refractivity (Wildman–Crippen MR) is 68.4 cm³/mol. The third-order valence-electron chi connectivity index (χ3n) is 3.20. The van der Waals surface area contributed by atoms with Crippen molar-refractivity contribution in [2.75, 3.05) is 19.6 Å². The van der Waals surface area contributed by atoms with Crippen molar-refractivity contribution in [3.63, 3.8) is 0 Å². The number of nitrogens with two attached hydrogens (primary N) is 1. The molecule has 0 atom stereocenters. The van der Waals surface area contributed by atoms with E-state index in [2.05, 4.69) is 42.2 Å². The van der Waals surface area contributed by atoms with Crippen molar-refractivity contribution in [2.45, 2.75) is 31.7 Å². The minimum absolute atomic E-state index is 0.0828. The highest BCUT2D eigenvalue weighted by Gasteiger charge is 2.33. The first-order chi connectivity index (χ1) is 7.66. The van der Waals surface area contributed by atoms with Crippen molar-refractivity contribution >= 4 is 0 Å². The molecular weight excluding hydrogens is 196 g/mol. The summed E-state index contributed by atoms with van der Waals surface area (Å²) in [4.78, 5) is 2.45. The molecule has 1 aliphatic rings. The summed E-state index contributed by atoms with van der Waals surface area (Å²) in [6.07, 6.45) is 3.77. The quantitative estimate of drug-likeness (QED) is 0.766. The molecule has 2 heteroatoms. The Bertz CT molecular complexity index is 311. The summed E-state index contributed by atoms with van der Waals surface area (Å²) in [5.74, 6) is 0. The van der Waals surface area contributed by atoms with Crippen LogP contribution in [-0.4, -0.2) is 30.1 Å². The molecule has 2 N–H and O–H groups in total. The van der Waals surface area contributed by atoms with Gasteiger partial charge in [-0.15, -0.1) is 0 Å². The third-order valence-corrected chi connectivity index (χ3v) is 3.20. The van der Waals surface area contributed by atoms with Crippen LogP contribution in [0.3, 0.4) is 0 Å². The highest BCUT2D eigenvalue weighted by Crippen LogP contribution is 2.17. The lowest BCUT2D eigenvalue weighted by molar-refractivity contribution is 0.0824. The zero-order valence-electron chi connectivity index (χ0n) is 10.2. The van der Waals surface area contributed by atoms with Crippen molar-refractivity contribution in [3.8, 4) is 0 Å². The van der Waals surface area contributed by atoms with E-state index in [1.165, 1.54) is 31.4 Å². The van der Waals surface area contributed by atoms with Gasteiger partial charge < -0.3 is 5.73 Å². The van der Waals surface area contributed by atoms with Crippen LogP contribution in [0.15, 0.2) is 30.3 Å². The maximum Gasteiger partial charge on any atom is 0.0383 e. The van der Waals surface area contributed by atoms with Gasteiger partial charge in [0.1, 0.15) is 0 Å². The molecule has 0 bridgehead atoms. The summed E-state index contributed by atoms with van der Waals surface area (Å²) in [5.41, 5.74) is 7.50. The number of hydrogen-bond donors (Lipinski definition) is 1. The largest absolute Gasteiger partial charge is 0.323 e. The van der Waals surface area contributed by atoms with Crippen LogP contribution in [0, 0.1) is 0 Å². The summed E-state index contributed by atoms with van der Waals surface area (Å²) in [6.45, 7) is 5.48. The number of likely N-dealkylation sites (tertiary alicyclic amines) is 1. The van der Waals surface area contributed by atoms with Gasteiger partial charge in [0.05, 0.1) is 0 Å². The molecule has 1 fully saturated rings.